The average Bonchev–Trinajstić information content (AvgIpc) is 3.12. The van der Waals surface area contributed by atoms with Crippen LogP contribution in [-0.4, -0.2) is 40.5 Å². The summed E-state index contributed by atoms with van der Waals surface area (Å²) in [7, 11) is 0. The number of rotatable bonds is 3. The molecular weight excluding hydrogens is 366 g/mol. The van der Waals surface area contributed by atoms with Crippen molar-refractivity contribution < 1.29 is 9.59 Å². The van der Waals surface area contributed by atoms with Crippen LogP contribution in [0.1, 0.15) is 22.8 Å². The summed E-state index contributed by atoms with van der Waals surface area (Å²) < 4.78 is 0. The third-order valence-corrected chi connectivity index (χ3v) is 4.18. The number of carbonyl (C=O) groups is 2. The third kappa shape index (κ3) is 3.68. The van der Waals surface area contributed by atoms with Gasteiger partial charge in [0.15, 0.2) is 5.78 Å². The molecule has 27 heavy (non-hydrogen) atoms. The molecular formula is C19H18ClN5O2. The lowest BCUT2D eigenvalue weighted by Crippen LogP contribution is -2.36. The number of hydrogen-bond donors (Lipinski definition) is 2. The number of para-hydroxylation sites is 1. The molecule has 3 heterocycles. The van der Waals surface area contributed by atoms with Gasteiger partial charge in [0.1, 0.15) is 17.5 Å². The van der Waals surface area contributed by atoms with Crippen LogP contribution in [0.4, 0.5) is 11.5 Å². The van der Waals surface area contributed by atoms with E-state index in [1.54, 1.807) is 18.2 Å². The average molecular weight is 384 g/mol. The van der Waals surface area contributed by atoms with E-state index in [1.807, 2.05) is 29.2 Å². The van der Waals surface area contributed by atoms with Crippen LogP contribution >= 0.6 is 12.4 Å². The summed E-state index contributed by atoms with van der Waals surface area (Å²) in [5.41, 5.74) is 2.42. The zero-order valence-electron chi connectivity index (χ0n) is 14.6. The number of allylic oxidation sites excluding steroid dienone is 1. The Hall–Kier alpha value is -3.19. The van der Waals surface area contributed by atoms with Gasteiger partial charge in [-0.3, -0.25) is 14.6 Å². The summed E-state index contributed by atoms with van der Waals surface area (Å²) in [6, 6.07) is 11.2. The number of halogens is 1. The van der Waals surface area contributed by atoms with Crippen molar-refractivity contribution in [3.63, 3.8) is 0 Å². The molecule has 0 aliphatic carbocycles. The molecule has 7 nitrogen and oxygen atoms in total. The van der Waals surface area contributed by atoms with Crippen LogP contribution in [0.2, 0.25) is 0 Å². The number of aromatic nitrogens is 1. The Bertz CT molecular complexity index is 953. The molecule has 0 spiro atoms. The fourth-order valence-electron chi connectivity index (χ4n) is 3.02. The normalized spacial score (nSPS) is 15.8. The highest BCUT2D eigenvalue weighted by Gasteiger charge is 2.29. The van der Waals surface area contributed by atoms with Gasteiger partial charge in [-0.2, -0.15) is 0 Å². The van der Waals surface area contributed by atoms with Gasteiger partial charge in [0.05, 0.1) is 12.2 Å². The van der Waals surface area contributed by atoms with E-state index in [0.29, 0.717) is 23.7 Å². The Morgan fingerprint density at radius 2 is 2.04 bits per heavy atom. The van der Waals surface area contributed by atoms with Crippen LogP contribution in [0.15, 0.2) is 59.5 Å². The first-order chi connectivity index (χ1) is 12.6. The second-order valence-corrected chi connectivity index (χ2v) is 6.03. The second-order valence-electron chi connectivity index (χ2n) is 6.03. The first kappa shape index (κ1) is 18.6. The number of benzene rings is 1. The lowest BCUT2D eigenvalue weighted by molar-refractivity contribution is -0.114. The van der Waals surface area contributed by atoms with Gasteiger partial charge in [-0.15, -0.1) is 12.4 Å². The van der Waals surface area contributed by atoms with Crippen molar-refractivity contribution in [3.8, 4) is 0 Å². The van der Waals surface area contributed by atoms with E-state index in [-0.39, 0.29) is 24.1 Å². The topological polar surface area (TPSA) is 86.7 Å². The molecule has 0 unspecified atom stereocenters. The highest BCUT2D eigenvalue weighted by molar-refractivity contribution is 6.10. The van der Waals surface area contributed by atoms with Crippen LogP contribution in [0, 0.1) is 0 Å². The van der Waals surface area contributed by atoms with Crippen molar-refractivity contribution in [2.24, 2.45) is 4.99 Å². The van der Waals surface area contributed by atoms with E-state index in [0.717, 1.165) is 23.6 Å². The molecule has 0 fully saturated rings. The maximum Gasteiger partial charge on any atom is 0.222 e. The van der Waals surface area contributed by atoms with E-state index >= 15 is 0 Å². The summed E-state index contributed by atoms with van der Waals surface area (Å²) >= 11 is 0. The monoisotopic (exact) mass is 383 g/mol. The van der Waals surface area contributed by atoms with E-state index in [1.165, 1.54) is 13.1 Å². The van der Waals surface area contributed by atoms with Gasteiger partial charge in [0, 0.05) is 36.9 Å². The summed E-state index contributed by atoms with van der Waals surface area (Å²) in [5, 5.41) is 5.89. The number of amidine groups is 1. The summed E-state index contributed by atoms with van der Waals surface area (Å²) in [6.07, 6.45) is 3.02. The van der Waals surface area contributed by atoms with Gasteiger partial charge in [0.2, 0.25) is 5.91 Å². The largest absolute Gasteiger partial charge is 0.341 e. The summed E-state index contributed by atoms with van der Waals surface area (Å²) in [4.78, 5) is 34.4. The van der Waals surface area contributed by atoms with Crippen LogP contribution in [0.3, 0.4) is 0 Å². The quantitative estimate of drug-likeness (QED) is 0.628. The molecule has 8 heteroatoms. The molecule has 0 saturated carbocycles. The van der Waals surface area contributed by atoms with Crippen molar-refractivity contribution >= 4 is 41.4 Å². The second kappa shape index (κ2) is 7.59. The Balaban J connectivity index is 0.00000210. The predicted molar refractivity (Wildman–Crippen MR) is 106 cm³/mol. The molecule has 4 rings (SSSR count). The first-order valence-corrected chi connectivity index (χ1v) is 8.30. The van der Waals surface area contributed by atoms with Gasteiger partial charge in [0.25, 0.3) is 0 Å². The summed E-state index contributed by atoms with van der Waals surface area (Å²) in [6.45, 7) is 2.84. The van der Waals surface area contributed by atoms with Crippen molar-refractivity contribution in [1.29, 1.82) is 0 Å². The van der Waals surface area contributed by atoms with Crippen LogP contribution < -0.4 is 10.6 Å². The van der Waals surface area contributed by atoms with Crippen molar-refractivity contribution in [3.05, 3.63) is 65.6 Å². The van der Waals surface area contributed by atoms with E-state index in [2.05, 4.69) is 20.6 Å². The zero-order valence-corrected chi connectivity index (χ0v) is 15.4. The molecule has 2 aromatic rings. The fraction of sp³-hybridized carbons (Fsp3) is 0.158. The molecule has 2 N–H and O–H groups in total. The van der Waals surface area contributed by atoms with Gasteiger partial charge in [-0.25, -0.2) is 4.98 Å². The predicted octanol–water partition coefficient (Wildman–Crippen LogP) is 2.67. The SMILES string of the molecule is CC(=O)Nc1ccc(C(=O)C=C2Nc3ccccc3C3=NCCN23)cn1.Cl. The van der Waals surface area contributed by atoms with Crippen molar-refractivity contribution in [2.45, 2.75) is 6.92 Å². The Morgan fingerprint density at radius 1 is 1.22 bits per heavy atom. The molecule has 1 amide bonds. The minimum atomic E-state index is -0.204. The highest BCUT2D eigenvalue weighted by atomic mass is 35.5. The molecule has 0 atom stereocenters. The fourth-order valence-corrected chi connectivity index (χ4v) is 3.02. The molecule has 2 aliphatic rings. The third-order valence-electron chi connectivity index (χ3n) is 4.18. The summed E-state index contributed by atoms with van der Waals surface area (Å²) in [5.74, 6) is 1.64. The molecule has 2 aliphatic heterocycles. The van der Waals surface area contributed by atoms with Crippen LogP contribution in [0.25, 0.3) is 0 Å². The van der Waals surface area contributed by atoms with Crippen molar-refractivity contribution in [1.82, 2.24) is 9.88 Å². The molecule has 0 saturated heterocycles. The Kier molecular flexibility index (Phi) is 5.23. The van der Waals surface area contributed by atoms with Gasteiger partial charge < -0.3 is 15.5 Å². The van der Waals surface area contributed by atoms with Crippen LogP contribution in [0.5, 0.6) is 0 Å². The van der Waals surface area contributed by atoms with E-state index in [4.69, 9.17) is 0 Å². The number of carbonyl (C=O) groups excluding carboxylic acids is 2. The number of aliphatic imine (C=N–C) groups is 1. The zero-order chi connectivity index (χ0) is 18.1. The number of nitrogens with zero attached hydrogens (tertiary/aromatic N) is 3. The number of pyridine rings is 1. The minimum Gasteiger partial charge on any atom is -0.341 e. The van der Waals surface area contributed by atoms with Gasteiger partial charge in [-0.1, -0.05) is 12.1 Å². The minimum absolute atomic E-state index is 0. The van der Waals surface area contributed by atoms with Gasteiger partial charge in [-0.05, 0) is 24.3 Å². The molecule has 138 valence electrons. The number of amides is 1. The van der Waals surface area contributed by atoms with Crippen molar-refractivity contribution in [2.75, 3.05) is 23.7 Å². The lowest BCUT2D eigenvalue weighted by Gasteiger charge is -2.31. The smallest absolute Gasteiger partial charge is 0.222 e. The Labute approximate surface area is 162 Å². The number of hydrogen-bond acceptors (Lipinski definition) is 6. The number of fused-ring (bicyclic) bond motifs is 3. The van der Waals surface area contributed by atoms with E-state index in [9.17, 15) is 9.59 Å². The maximum absolute atomic E-state index is 12.6. The highest BCUT2D eigenvalue weighted by Crippen LogP contribution is 2.29. The standard InChI is InChI=1S/C19H17N5O2.ClH/c1-12(25)22-17-7-6-13(11-21-17)16(26)10-18-23-15-5-3-2-4-14(15)19-20-8-9-24(18)19;/h2-7,10-11,23H,8-9H2,1H3,(H,21,22,25);1H. The molecule has 0 radical (unpaired) electrons. The number of ketones is 1. The lowest BCUT2D eigenvalue weighted by atomic mass is 10.1. The maximum atomic E-state index is 12.6. The number of nitrogens with one attached hydrogen (secondary N) is 2. The molecule has 1 aromatic heterocycles. The van der Waals surface area contributed by atoms with Crippen LogP contribution in [-0.2, 0) is 4.79 Å². The first-order valence-electron chi connectivity index (χ1n) is 8.30. The molecule has 0 bridgehead atoms. The molecule has 1 aromatic carbocycles. The van der Waals surface area contributed by atoms with E-state index < -0.39 is 0 Å². The number of anilines is 2. The Morgan fingerprint density at radius 3 is 2.78 bits per heavy atom. The van der Waals surface area contributed by atoms with Gasteiger partial charge >= 0.3 is 0 Å².